The number of nitrogens with zero attached hydrogens (tertiary/aromatic N) is 2. The second kappa shape index (κ2) is 4.59. The third-order valence-electron chi connectivity index (χ3n) is 2.82. The van der Waals surface area contributed by atoms with Crippen LogP contribution >= 0.6 is 0 Å². The highest BCUT2D eigenvalue weighted by Gasteiger charge is 2.22. The summed E-state index contributed by atoms with van der Waals surface area (Å²) in [7, 11) is 0. The molecule has 1 fully saturated rings. The maximum atomic E-state index is 9.04. The Labute approximate surface area is 89.2 Å². The van der Waals surface area contributed by atoms with E-state index in [4.69, 9.17) is 10.2 Å². The quantitative estimate of drug-likeness (QED) is 0.754. The van der Waals surface area contributed by atoms with E-state index in [0.29, 0.717) is 11.6 Å². The summed E-state index contributed by atoms with van der Waals surface area (Å²) in [6.45, 7) is 2.02. The molecule has 1 aromatic rings. The van der Waals surface area contributed by atoms with Crippen molar-refractivity contribution in [3.8, 4) is 0 Å². The first-order chi connectivity index (χ1) is 7.33. The van der Waals surface area contributed by atoms with Gasteiger partial charge in [0.15, 0.2) is 0 Å². The number of aliphatic hydroxyl groups is 2. The Balaban J connectivity index is 2.09. The molecule has 1 saturated heterocycles. The largest absolute Gasteiger partial charge is 0.396 e. The predicted molar refractivity (Wildman–Crippen MR) is 57.6 cm³/mol. The minimum absolute atomic E-state index is 0.0227. The van der Waals surface area contributed by atoms with Crippen molar-refractivity contribution in [2.45, 2.75) is 13.0 Å². The van der Waals surface area contributed by atoms with Crippen molar-refractivity contribution in [1.29, 1.82) is 0 Å². The number of aromatic nitrogens is 1. The van der Waals surface area contributed by atoms with Gasteiger partial charge in [-0.3, -0.25) is 0 Å². The van der Waals surface area contributed by atoms with Gasteiger partial charge >= 0.3 is 0 Å². The van der Waals surface area contributed by atoms with Crippen molar-refractivity contribution in [1.82, 2.24) is 4.98 Å². The summed E-state index contributed by atoms with van der Waals surface area (Å²) >= 11 is 0. The van der Waals surface area contributed by atoms with Gasteiger partial charge in [0.1, 0.15) is 5.82 Å². The number of aliphatic hydroxyl groups excluding tert-OH is 2. The molecule has 15 heavy (non-hydrogen) atoms. The van der Waals surface area contributed by atoms with E-state index in [1.165, 1.54) is 0 Å². The molecule has 0 saturated carbocycles. The highest BCUT2D eigenvalue weighted by Crippen LogP contribution is 2.21. The molecule has 1 aromatic heterocycles. The molecule has 2 rings (SSSR count). The normalized spacial score (nSPS) is 20.9. The molecule has 1 atom stereocenters. The van der Waals surface area contributed by atoms with E-state index in [0.717, 1.165) is 25.3 Å². The summed E-state index contributed by atoms with van der Waals surface area (Å²) < 4.78 is 0. The second-order valence-corrected chi connectivity index (χ2v) is 3.93. The zero-order chi connectivity index (χ0) is 10.7. The molecular formula is C11H16N2O2. The van der Waals surface area contributed by atoms with Crippen LogP contribution in [0.3, 0.4) is 0 Å². The maximum absolute atomic E-state index is 9.04. The van der Waals surface area contributed by atoms with Gasteiger partial charge in [-0.15, -0.1) is 0 Å². The minimum Gasteiger partial charge on any atom is -0.396 e. The van der Waals surface area contributed by atoms with Crippen molar-refractivity contribution < 1.29 is 10.2 Å². The zero-order valence-corrected chi connectivity index (χ0v) is 8.63. The van der Waals surface area contributed by atoms with E-state index >= 15 is 0 Å². The van der Waals surface area contributed by atoms with Gasteiger partial charge in [0.2, 0.25) is 0 Å². The van der Waals surface area contributed by atoms with Crippen LogP contribution in [0.5, 0.6) is 0 Å². The summed E-state index contributed by atoms with van der Waals surface area (Å²) in [6.07, 6.45) is 1.02. The predicted octanol–water partition coefficient (Wildman–Crippen LogP) is 0.392. The van der Waals surface area contributed by atoms with Crippen LogP contribution in [-0.2, 0) is 6.61 Å². The molecule has 1 unspecified atom stereocenters. The molecule has 0 aromatic carbocycles. The van der Waals surface area contributed by atoms with E-state index in [1.54, 1.807) is 0 Å². The first-order valence-electron chi connectivity index (χ1n) is 5.26. The summed E-state index contributed by atoms with van der Waals surface area (Å²) in [5, 5.41) is 18.0. The monoisotopic (exact) mass is 208 g/mol. The van der Waals surface area contributed by atoms with E-state index in [-0.39, 0.29) is 13.2 Å². The SMILES string of the molecule is OCc1cccc(N2CCC(CO)C2)n1. The van der Waals surface area contributed by atoms with Crippen LogP contribution in [0.15, 0.2) is 18.2 Å². The average molecular weight is 208 g/mol. The molecule has 82 valence electrons. The lowest BCUT2D eigenvalue weighted by Gasteiger charge is -2.17. The van der Waals surface area contributed by atoms with Gasteiger partial charge in [0, 0.05) is 25.6 Å². The fourth-order valence-corrected chi connectivity index (χ4v) is 1.92. The highest BCUT2D eigenvalue weighted by atomic mass is 16.3. The minimum atomic E-state index is -0.0227. The van der Waals surface area contributed by atoms with Gasteiger partial charge in [0.05, 0.1) is 12.3 Å². The molecule has 0 spiro atoms. The van der Waals surface area contributed by atoms with Crippen LogP contribution in [0.25, 0.3) is 0 Å². The molecule has 0 radical (unpaired) electrons. The molecule has 4 nitrogen and oxygen atoms in total. The van der Waals surface area contributed by atoms with Crippen LogP contribution in [0.1, 0.15) is 12.1 Å². The van der Waals surface area contributed by atoms with Crippen molar-refractivity contribution in [3.05, 3.63) is 23.9 Å². The van der Waals surface area contributed by atoms with E-state index in [1.807, 2.05) is 18.2 Å². The third-order valence-corrected chi connectivity index (χ3v) is 2.82. The summed E-state index contributed by atoms with van der Waals surface area (Å²) in [4.78, 5) is 6.49. The van der Waals surface area contributed by atoms with Gasteiger partial charge in [-0.2, -0.15) is 0 Å². The van der Waals surface area contributed by atoms with Crippen LogP contribution in [0.4, 0.5) is 5.82 Å². The van der Waals surface area contributed by atoms with E-state index < -0.39 is 0 Å². The Bertz CT molecular complexity index is 330. The zero-order valence-electron chi connectivity index (χ0n) is 8.63. The molecule has 0 amide bonds. The van der Waals surface area contributed by atoms with E-state index in [9.17, 15) is 0 Å². The van der Waals surface area contributed by atoms with Crippen LogP contribution < -0.4 is 4.90 Å². The summed E-state index contributed by atoms with van der Waals surface area (Å²) in [5.41, 5.74) is 0.694. The Morgan fingerprint density at radius 2 is 2.27 bits per heavy atom. The molecule has 0 bridgehead atoms. The number of rotatable bonds is 3. The van der Waals surface area contributed by atoms with Crippen molar-refractivity contribution in [3.63, 3.8) is 0 Å². The Morgan fingerprint density at radius 1 is 1.40 bits per heavy atom. The highest BCUT2D eigenvalue weighted by molar-refractivity contribution is 5.40. The molecule has 2 heterocycles. The fraction of sp³-hybridized carbons (Fsp3) is 0.545. The molecule has 1 aliphatic heterocycles. The molecular weight excluding hydrogens is 192 g/mol. The number of hydrogen-bond donors (Lipinski definition) is 2. The van der Waals surface area contributed by atoms with Crippen molar-refractivity contribution in [2.75, 3.05) is 24.6 Å². The van der Waals surface area contributed by atoms with Gasteiger partial charge in [-0.05, 0) is 18.6 Å². The van der Waals surface area contributed by atoms with Crippen molar-refractivity contribution in [2.24, 2.45) is 5.92 Å². The lowest BCUT2D eigenvalue weighted by atomic mass is 10.1. The van der Waals surface area contributed by atoms with Gasteiger partial charge in [-0.1, -0.05) is 6.07 Å². The Hall–Kier alpha value is -1.13. The fourth-order valence-electron chi connectivity index (χ4n) is 1.92. The van der Waals surface area contributed by atoms with E-state index in [2.05, 4.69) is 9.88 Å². The first-order valence-corrected chi connectivity index (χ1v) is 5.26. The van der Waals surface area contributed by atoms with Gasteiger partial charge in [-0.25, -0.2) is 4.98 Å². The average Bonchev–Trinajstić information content (AvgIpc) is 2.78. The molecule has 2 N–H and O–H groups in total. The van der Waals surface area contributed by atoms with Gasteiger partial charge in [0.25, 0.3) is 0 Å². The lowest BCUT2D eigenvalue weighted by Crippen LogP contribution is -2.21. The Morgan fingerprint density at radius 3 is 2.93 bits per heavy atom. The topological polar surface area (TPSA) is 56.6 Å². The Kier molecular flexibility index (Phi) is 3.18. The summed E-state index contributed by atoms with van der Waals surface area (Å²) in [6, 6.07) is 5.65. The smallest absolute Gasteiger partial charge is 0.128 e. The number of anilines is 1. The molecule has 1 aliphatic rings. The standard InChI is InChI=1S/C11H16N2O2/c14-7-9-4-5-13(6-9)11-3-1-2-10(8-15)12-11/h1-3,9,14-15H,4-8H2. The van der Waals surface area contributed by atoms with Crippen LogP contribution in [0.2, 0.25) is 0 Å². The third kappa shape index (κ3) is 2.27. The van der Waals surface area contributed by atoms with Crippen molar-refractivity contribution >= 4 is 5.82 Å². The second-order valence-electron chi connectivity index (χ2n) is 3.93. The first kappa shape index (κ1) is 10.4. The lowest BCUT2D eigenvalue weighted by molar-refractivity contribution is 0.238. The summed E-state index contributed by atoms with van der Waals surface area (Å²) in [5.74, 6) is 1.27. The molecule has 0 aliphatic carbocycles. The van der Waals surface area contributed by atoms with Gasteiger partial charge < -0.3 is 15.1 Å². The van der Waals surface area contributed by atoms with Crippen LogP contribution in [-0.4, -0.2) is 34.9 Å². The van der Waals surface area contributed by atoms with Crippen LogP contribution in [0, 0.1) is 5.92 Å². The molecule has 4 heteroatoms. The maximum Gasteiger partial charge on any atom is 0.128 e. The number of hydrogen-bond acceptors (Lipinski definition) is 4. The number of pyridine rings is 1.